The van der Waals surface area contributed by atoms with Crippen LogP contribution in [-0.2, 0) is 6.54 Å². The number of piperazine rings is 1. The van der Waals surface area contributed by atoms with Crippen molar-refractivity contribution in [3.05, 3.63) is 36.2 Å². The summed E-state index contributed by atoms with van der Waals surface area (Å²) in [7, 11) is 6.62. The number of nitrogens with zero attached hydrogens (tertiary/aromatic N) is 5. The summed E-state index contributed by atoms with van der Waals surface area (Å²) in [6.45, 7) is 3.95. The lowest BCUT2D eigenvalue weighted by Crippen LogP contribution is -2.52. The molecular weight excluding hydrogens is 372 g/mol. The van der Waals surface area contributed by atoms with Gasteiger partial charge in [-0.25, -0.2) is 9.97 Å². The molecule has 2 heterocycles. The van der Waals surface area contributed by atoms with E-state index in [-0.39, 0.29) is 0 Å². The van der Waals surface area contributed by atoms with Gasteiger partial charge in [-0.3, -0.25) is 4.99 Å². The Morgan fingerprint density at radius 3 is 2.14 bits per heavy atom. The van der Waals surface area contributed by atoms with E-state index in [2.05, 4.69) is 30.1 Å². The summed E-state index contributed by atoms with van der Waals surface area (Å²) in [6, 6.07) is 5.70. The molecule has 0 bridgehead atoms. The lowest BCUT2D eigenvalue weighted by atomic mass is 10.2. The first-order valence-electron chi connectivity index (χ1n) is 9.46. The van der Waals surface area contributed by atoms with Gasteiger partial charge in [0.2, 0.25) is 11.7 Å². The number of anilines is 1. The molecule has 1 aromatic carbocycles. The topological polar surface area (TPSA) is 84.3 Å². The van der Waals surface area contributed by atoms with E-state index in [4.69, 9.17) is 14.2 Å². The van der Waals surface area contributed by atoms with Crippen LogP contribution in [0.4, 0.5) is 5.95 Å². The second kappa shape index (κ2) is 9.81. The molecule has 0 saturated carbocycles. The van der Waals surface area contributed by atoms with Crippen LogP contribution < -0.4 is 24.4 Å². The van der Waals surface area contributed by atoms with E-state index in [1.807, 2.05) is 18.2 Å². The number of hydrogen-bond donors (Lipinski definition) is 1. The molecule has 0 unspecified atom stereocenters. The number of aliphatic imine (C=N–C) groups is 1. The van der Waals surface area contributed by atoms with Gasteiger partial charge in [0, 0.05) is 52.2 Å². The van der Waals surface area contributed by atoms with Crippen LogP contribution in [0.1, 0.15) is 5.56 Å². The Balaban J connectivity index is 1.61. The highest BCUT2D eigenvalue weighted by Gasteiger charge is 2.21. The van der Waals surface area contributed by atoms with Crippen LogP contribution in [0.2, 0.25) is 0 Å². The zero-order valence-corrected chi connectivity index (χ0v) is 17.4. The smallest absolute Gasteiger partial charge is 0.225 e. The van der Waals surface area contributed by atoms with E-state index in [1.54, 1.807) is 40.8 Å². The van der Waals surface area contributed by atoms with Crippen molar-refractivity contribution >= 4 is 11.9 Å². The van der Waals surface area contributed by atoms with Gasteiger partial charge in [-0.15, -0.1) is 0 Å². The van der Waals surface area contributed by atoms with E-state index >= 15 is 0 Å². The highest BCUT2D eigenvalue weighted by Crippen LogP contribution is 2.38. The normalized spacial score (nSPS) is 14.6. The van der Waals surface area contributed by atoms with Crippen LogP contribution >= 0.6 is 0 Å². The fourth-order valence-corrected chi connectivity index (χ4v) is 3.32. The Labute approximate surface area is 171 Å². The van der Waals surface area contributed by atoms with Gasteiger partial charge in [0.25, 0.3) is 0 Å². The maximum atomic E-state index is 5.43. The van der Waals surface area contributed by atoms with Crippen molar-refractivity contribution in [2.75, 3.05) is 59.5 Å². The molecule has 2 aromatic rings. The third-order valence-corrected chi connectivity index (χ3v) is 4.80. The molecule has 1 aliphatic heterocycles. The number of ether oxygens (including phenoxy) is 3. The number of benzene rings is 1. The molecule has 29 heavy (non-hydrogen) atoms. The monoisotopic (exact) mass is 400 g/mol. The van der Waals surface area contributed by atoms with Crippen LogP contribution in [0.15, 0.2) is 35.6 Å². The molecule has 1 aromatic heterocycles. The second-order valence-corrected chi connectivity index (χ2v) is 6.46. The summed E-state index contributed by atoms with van der Waals surface area (Å²) < 4.78 is 16.2. The van der Waals surface area contributed by atoms with Crippen molar-refractivity contribution in [1.82, 2.24) is 20.2 Å². The van der Waals surface area contributed by atoms with Gasteiger partial charge in [-0.2, -0.15) is 0 Å². The van der Waals surface area contributed by atoms with Crippen LogP contribution in [0, 0.1) is 0 Å². The minimum absolute atomic E-state index is 0.586. The summed E-state index contributed by atoms with van der Waals surface area (Å²) in [6.07, 6.45) is 3.54. The predicted octanol–water partition coefficient (Wildman–Crippen LogP) is 1.40. The highest BCUT2D eigenvalue weighted by molar-refractivity contribution is 5.80. The van der Waals surface area contributed by atoms with Crippen molar-refractivity contribution in [1.29, 1.82) is 0 Å². The Morgan fingerprint density at radius 2 is 1.62 bits per heavy atom. The van der Waals surface area contributed by atoms with Gasteiger partial charge in [0.05, 0.1) is 21.3 Å². The number of rotatable bonds is 6. The minimum atomic E-state index is 0.586. The number of nitrogens with one attached hydrogen (secondary N) is 1. The van der Waals surface area contributed by atoms with Gasteiger partial charge >= 0.3 is 0 Å². The average molecular weight is 400 g/mol. The van der Waals surface area contributed by atoms with Crippen molar-refractivity contribution < 1.29 is 14.2 Å². The van der Waals surface area contributed by atoms with Gasteiger partial charge in [-0.05, 0) is 23.8 Å². The maximum absolute atomic E-state index is 5.43. The molecule has 156 valence electrons. The first-order chi connectivity index (χ1) is 14.2. The molecule has 1 fully saturated rings. The molecule has 0 atom stereocenters. The van der Waals surface area contributed by atoms with E-state index in [1.165, 1.54) is 0 Å². The Bertz CT molecular complexity index is 797. The first-order valence-corrected chi connectivity index (χ1v) is 9.46. The number of aromatic nitrogens is 2. The predicted molar refractivity (Wildman–Crippen MR) is 112 cm³/mol. The molecule has 0 aliphatic carbocycles. The molecule has 9 heteroatoms. The first kappa shape index (κ1) is 20.5. The lowest BCUT2D eigenvalue weighted by Gasteiger charge is -2.36. The second-order valence-electron chi connectivity index (χ2n) is 6.46. The summed E-state index contributed by atoms with van der Waals surface area (Å²) in [5.41, 5.74) is 1.01. The minimum Gasteiger partial charge on any atom is -0.493 e. The average Bonchev–Trinajstić information content (AvgIpc) is 2.79. The third kappa shape index (κ3) is 4.79. The molecule has 0 spiro atoms. The molecule has 1 saturated heterocycles. The van der Waals surface area contributed by atoms with E-state index in [0.717, 1.165) is 43.7 Å². The van der Waals surface area contributed by atoms with Gasteiger partial charge in [-0.1, -0.05) is 0 Å². The quantitative estimate of drug-likeness (QED) is 0.575. The number of methoxy groups -OCH3 is 3. The Hall–Kier alpha value is -3.23. The van der Waals surface area contributed by atoms with Crippen molar-refractivity contribution in [3.63, 3.8) is 0 Å². The summed E-state index contributed by atoms with van der Waals surface area (Å²) in [5.74, 6) is 3.48. The molecule has 1 aliphatic rings. The van der Waals surface area contributed by atoms with Crippen LogP contribution in [-0.4, -0.2) is 75.4 Å². The standard InChI is InChI=1S/C20H28N6O3/c1-21-19(25-8-10-26(11-9-25)20-22-6-5-7-23-20)24-14-15-12-16(27-2)18(29-4)17(13-15)28-3/h5-7,12-13H,8-11,14H2,1-4H3,(H,21,24). The third-order valence-electron chi connectivity index (χ3n) is 4.80. The zero-order chi connectivity index (χ0) is 20.6. The van der Waals surface area contributed by atoms with E-state index in [0.29, 0.717) is 23.8 Å². The van der Waals surface area contributed by atoms with Crippen LogP contribution in [0.5, 0.6) is 17.2 Å². The van der Waals surface area contributed by atoms with Gasteiger partial charge in [0.1, 0.15) is 0 Å². The van der Waals surface area contributed by atoms with Crippen molar-refractivity contribution in [2.24, 2.45) is 4.99 Å². The molecule has 9 nitrogen and oxygen atoms in total. The van der Waals surface area contributed by atoms with E-state index < -0.39 is 0 Å². The van der Waals surface area contributed by atoms with Gasteiger partial charge < -0.3 is 29.3 Å². The Morgan fingerprint density at radius 1 is 1.00 bits per heavy atom. The molecule has 0 radical (unpaired) electrons. The van der Waals surface area contributed by atoms with Crippen LogP contribution in [0.3, 0.4) is 0 Å². The molecule has 0 amide bonds. The molecular formula is C20H28N6O3. The largest absolute Gasteiger partial charge is 0.493 e. The molecule has 3 rings (SSSR count). The number of hydrogen-bond acceptors (Lipinski definition) is 7. The summed E-state index contributed by atoms with van der Waals surface area (Å²) >= 11 is 0. The van der Waals surface area contributed by atoms with Crippen LogP contribution in [0.25, 0.3) is 0 Å². The fourth-order valence-electron chi connectivity index (χ4n) is 3.32. The summed E-state index contributed by atoms with van der Waals surface area (Å²) in [5, 5.41) is 3.42. The number of guanidine groups is 1. The molecule has 1 N–H and O–H groups in total. The zero-order valence-electron chi connectivity index (χ0n) is 17.4. The Kier molecular flexibility index (Phi) is 6.94. The highest BCUT2D eigenvalue weighted by atomic mass is 16.5. The van der Waals surface area contributed by atoms with Crippen molar-refractivity contribution in [3.8, 4) is 17.2 Å². The SMILES string of the molecule is CN=C(NCc1cc(OC)c(OC)c(OC)c1)N1CCN(c2ncccn2)CC1. The fraction of sp³-hybridized carbons (Fsp3) is 0.450. The summed E-state index contributed by atoms with van der Waals surface area (Å²) in [4.78, 5) is 17.5. The van der Waals surface area contributed by atoms with E-state index in [9.17, 15) is 0 Å². The lowest BCUT2D eigenvalue weighted by molar-refractivity contribution is 0.323. The maximum Gasteiger partial charge on any atom is 0.225 e. The van der Waals surface area contributed by atoms with Crippen molar-refractivity contribution in [2.45, 2.75) is 6.54 Å². The van der Waals surface area contributed by atoms with Gasteiger partial charge in [0.15, 0.2) is 17.5 Å².